The maximum absolute atomic E-state index is 12.4. The first kappa shape index (κ1) is 15.1. The Morgan fingerprint density at radius 1 is 1.13 bits per heavy atom. The lowest BCUT2D eigenvalue weighted by Crippen LogP contribution is -2.41. The van der Waals surface area contributed by atoms with Crippen LogP contribution in [0.5, 0.6) is 0 Å². The van der Waals surface area contributed by atoms with Crippen LogP contribution in [0.1, 0.15) is 45.5 Å². The molecule has 4 rings (SSSR count). The SMILES string of the molecule is CC1(C)OC[C@H]([C@@H]2[C@H]3OC(C)(C)O[C@H]3c3cc(=O)[nH]c(=O)n32)O1. The number of nitrogens with zero attached hydrogens (tertiary/aromatic N) is 1. The molecule has 4 atom stereocenters. The Bertz CT molecular complexity index is 764. The van der Waals surface area contributed by atoms with Crippen LogP contribution in [0.3, 0.4) is 0 Å². The fourth-order valence-electron chi connectivity index (χ4n) is 3.73. The highest BCUT2D eigenvalue weighted by Crippen LogP contribution is 2.49. The second-order valence-electron chi connectivity index (χ2n) is 7.11. The first-order chi connectivity index (χ1) is 10.7. The number of fused-ring (bicyclic) bond motifs is 3. The molecule has 1 N–H and O–H groups in total. The maximum atomic E-state index is 12.4. The highest BCUT2D eigenvalue weighted by molar-refractivity contribution is 5.19. The van der Waals surface area contributed by atoms with Crippen LogP contribution in [0.25, 0.3) is 0 Å². The zero-order valence-corrected chi connectivity index (χ0v) is 13.5. The summed E-state index contributed by atoms with van der Waals surface area (Å²) in [5.74, 6) is -1.50. The van der Waals surface area contributed by atoms with Gasteiger partial charge in [-0.05, 0) is 27.7 Å². The van der Waals surface area contributed by atoms with Crippen LogP contribution in [-0.2, 0) is 18.9 Å². The van der Waals surface area contributed by atoms with Crippen LogP contribution >= 0.6 is 0 Å². The molecule has 0 amide bonds. The molecule has 1 aromatic rings. The predicted molar refractivity (Wildman–Crippen MR) is 78.0 cm³/mol. The molecule has 126 valence electrons. The van der Waals surface area contributed by atoms with E-state index < -0.39 is 41.1 Å². The van der Waals surface area contributed by atoms with E-state index in [9.17, 15) is 9.59 Å². The van der Waals surface area contributed by atoms with E-state index in [0.717, 1.165) is 0 Å². The summed E-state index contributed by atoms with van der Waals surface area (Å²) in [6.07, 6.45) is -1.24. The van der Waals surface area contributed by atoms with E-state index >= 15 is 0 Å². The zero-order chi connectivity index (χ0) is 16.6. The van der Waals surface area contributed by atoms with Gasteiger partial charge in [0.05, 0.1) is 18.3 Å². The molecule has 2 saturated heterocycles. The summed E-state index contributed by atoms with van der Waals surface area (Å²) in [5, 5.41) is 0. The van der Waals surface area contributed by atoms with Crippen LogP contribution in [0.2, 0.25) is 0 Å². The Kier molecular flexibility index (Phi) is 2.97. The van der Waals surface area contributed by atoms with Crippen LogP contribution in [0, 0.1) is 0 Å². The van der Waals surface area contributed by atoms with E-state index in [0.29, 0.717) is 12.3 Å². The van der Waals surface area contributed by atoms with Gasteiger partial charge in [0.2, 0.25) is 0 Å². The highest BCUT2D eigenvalue weighted by atomic mass is 16.8. The van der Waals surface area contributed by atoms with Gasteiger partial charge in [0.25, 0.3) is 5.56 Å². The molecule has 0 spiro atoms. The van der Waals surface area contributed by atoms with Crippen LogP contribution < -0.4 is 11.2 Å². The van der Waals surface area contributed by atoms with Gasteiger partial charge in [-0.1, -0.05) is 0 Å². The third-order valence-corrected chi connectivity index (χ3v) is 4.47. The quantitative estimate of drug-likeness (QED) is 0.806. The minimum Gasteiger partial charge on any atom is -0.348 e. The molecule has 0 radical (unpaired) electrons. The van der Waals surface area contributed by atoms with Crippen molar-refractivity contribution in [2.24, 2.45) is 0 Å². The standard InChI is InChI=1S/C15H20N2O6/c1-14(2)20-6-8(21-14)10-12-11(22-15(3,4)23-12)7-5-9(18)16-13(19)17(7)10/h5,8,10-12H,6H2,1-4H3,(H,16,18,19)/t8-,10-,11+,12-/m1/s1. The molecule has 0 bridgehead atoms. The van der Waals surface area contributed by atoms with Gasteiger partial charge in [-0.25, -0.2) is 4.79 Å². The lowest BCUT2D eigenvalue weighted by Gasteiger charge is -2.27. The summed E-state index contributed by atoms with van der Waals surface area (Å²) in [5.41, 5.74) is -0.407. The summed E-state index contributed by atoms with van der Waals surface area (Å²) < 4.78 is 25.0. The number of rotatable bonds is 1. The average molecular weight is 324 g/mol. The molecule has 2 fully saturated rings. The minimum atomic E-state index is -0.785. The van der Waals surface area contributed by atoms with Crippen molar-refractivity contribution in [3.8, 4) is 0 Å². The summed E-state index contributed by atoms with van der Waals surface area (Å²) in [6.45, 7) is 7.62. The first-order valence-corrected chi connectivity index (χ1v) is 7.70. The lowest BCUT2D eigenvalue weighted by molar-refractivity contribution is -0.168. The zero-order valence-electron chi connectivity index (χ0n) is 13.5. The largest absolute Gasteiger partial charge is 0.348 e. The summed E-state index contributed by atoms with van der Waals surface area (Å²) in [7, 11) is 0. The highest BCUT2D eigenvalue weighted by Gasteiger charge is 2.57. The van der Waals surface area contributed by atoms with Gasteiger partial charge >= 0.3 is 5.69 Å². The fraction of sp³-hybridized carbons (Fsp3) is 0.733. The molecular weight excluding hydrogens is 304 g/mol. The summed E-state index contributed by atoms with van der Waals surface area (Å²) >= 11 is 0. The van der Waals surface area contributed by atoms with E-state index in [1.165, 1.54) is 10.6 Å². The van der Waals surface area contributed by atoms with Crippen molar-refractivity contribution in [2.45, 2.75) is 63.6 Å². The number of hydrogen-bond donors (Lipinski definition) is 1. The normalized spacial score (nSPS) is 36.9. The van der Waals surface area contributed by atoms with Gasteiger partial charge in [-0.3, -0.25) is 14.3 Å². The van der Waals surface area contributed by atoms with Crippen molar-refractivity contribution in [3.63, 3.8) is 0 Å². The second-order valence-corrected chi connectivity index (χ2v) is 7.11. The van der Waals surface area contributed by atoms with E-state index in [2.05, 4.69) is 4.98 Å². The lowest BCUT2D eigenvalue weighted by atomic mass is 10.0. The molecule has 3 aliphatic heterocycles. The number of H-pyrrole nitrogens is 1. The van der Waals surface area contributed by atoms with E-state index in [1.807, 2.05) is 27.7 Å². The van der Waals surface area contributed by atoms with Crippen molar-refractivity contribution in [1.82, 2.24) is 9.55 Å². The third-order valence-electron chi connectivity index (χ3n) is 4.47. The van der Waals surface area contributed by atoms with Gasteiger partial charge in [-0.15, -0.1) is 0 Å². The van der Waals surface area contributed by atoms with Crippen molar-refractivity contribution >= 4 is 0 Å². The van der Waals surface area contributed by atoms with Gasteiger partial charge in [0.1, 0.15) is 18.3 Å². The molecule has 0 aliphatic carbocycles. The van der Waals surface area contributed by atoms with Gasteiger partial charge < -0.3 is 18.9 Å². The van der Waals surface area contributed by atoms with Gasteiger partial charge in [0.15, 0.2) is 11.6 Å². The Morgan fingerprint density at radius 2 is 1.87 bits per heavy atom. The Morgan fingerprint density at radius 3 is 2.52 bits per heavy atom. The minimum absolute atomic E-state index is 0.343. The topological polar surface area (TPSA) is 91.8 Å². The van der Waals surface area contributed by atoms with Crippen LogP contribution in [0.15, 0.2) is 15.7 Å². The van der Waals surface area contributed by atoms with Crippen LogP contribution in [0.4, 0.5) is 0 Å². The van der Waals surface area contributed by atoms with Crippen molar-refractivity contribution < 1.29 is 18.9 Å². The smallest absolute Gasteiger partial charge is 0.329 e. The molecule has 1 aromatic heterocycles. The summed E-state index contributed by atoms with van der Waals surface area (Å²) in [6, 6.07) is 0.980. The predicted octanol–water partition coefficient (Wildman–Crippen LogP) is 0.435. The molecule has 4 heterocycles. The van der Waals surface area contributed by atoms with E-state index in [4.69, 9.17) is 18.9 Å². The average Bonchev–Trinajstić information content (AvgIpc) is 2.99. The van der Waals surface area contributed by atoms with E-state index in [1.54, 1.807) is 0 Å². The second kappa shape index (κ2) is 4.54. The Labute approximate surface area is 132 Å². The van der Waals surface area contributed by atoms with Gasteiger partial charge in [0, 0.05) is 6.07 Å². The molecule has 0 saturated carbocycles. The number of aromatic nitrogens is 2. The van der Waals surface area contributed by atoms with Crippen LogP contribution in [-0.4, -0.2) is 39.9 Å². The molecule has 3 aliphatic rings. The van der Waals surface area contributed by atoms with E-state index in [-0.39, 0.29) is 6.10 Å². The third kappa shape index (κ3) is 2.28. The molecule has 8 heteroatoms. The molecule has 23 heavy (non-hydrogen) atoms. The number of aromatic amines is 1. The van der Waals surface area contributed by atoms with Crippen molar-refractivity contribution in [1.29, 1.82) is 0 Å². The number of ether oxygens (including phenoxy) is 4. The molecular formula is C15H20N2O6. The Hall–Kier alpha value is -1.48. The fourth-order valence-corrected chi connectivity index (χ4v) is 3.73. The van der Waals surface area contributed by atoms with Crippen molar-refractivity contribution in [2.75, 3.05) is 6.61 Å². The molecule has 0 aromatic carbocycles. The molecule has 0 unspecified atom stereocenters. The number of hydrogen-bond acceptors (Lipinski definition) is 6. The Balaban J connectivity index is 1.83. The number of nitrogens with one attached hydrogen (secondary N) is 1. The monoisotopic (exact) mass is 324 g/mol. The first-order valence-electron chi connectivity index (χ1n) is 7.70. The molecule has 8 nitrogen and oxygen atoms in total. The van der Waals surface area contributed by atoms with Crippen molar-refractivity contribution in [3.05, 3.63) is 32.6 Å². The van der Waals surface area contributed by atoms with Gasteiger partial charge in [-0.2, -0.15) is 0 Å². The summed E-state index contributed by atoms with van der Waals surface area (Å²) in [4.78, 5) is 26.4. The maximum Gasteiger partial charge on any atom is 0.329 e.